The summed E-state index contributed by atoms with van der Waals surface area (Å²) in [6.45, 7) is 8.13. The number of hydrogen-bond donors (Lipinski definition) is 1. The van der Waals surface area contributed by atoms with Gasteiger partial charge in [-0.05, 0) is 57.5 Å². The standard InChI is InChI=1S/C26H29N5O3/c1-16-24(18(3)31(29-16)21-10-8-7-9-11-21)26(32)27-25-17(2)28-30(19(25)4)15-20-12-13-22(33-5)23(14-20)34-6/h7-14H,15H2,1-6H3,(H,27,32). The minimum atomic E-state index is -0.200. The average molecular weight is 460 g/mol. The highest BCUT2D eigenvalue weighted by molar-refractivity contribution is 6.06. The zero-order chi connectivity index (χ0) is 24.4. The monoisotopic (exact) mass is 459 g/mol. The number of aryl methyl sites for hydroxylation is 2. The molecule has 0 aliphatic rings. The number of anilines is 1. The summed E-state index contributed by atoms with van der Waals surface area (Å²) in [5.41, 5.74) is 6.27. The van der Waals surface area contributed by atoms with Gasteiger partial charge >= 0.3 is 0 Å². The van der Waals surface area contributed by atoms with Gasteiger partial charge in [-0.25, -0.2) is 4.68 Å². The maximum atomic E-state index is 13.3. The van der Waals surface area contributed by atoms with Crippen LogP contribution >= 0.6 is 0 Å². The lowest BCUT2D eigenvalue weighted by Gasteiger charge is -2.11. The number of ether oxygens (including phenoxy) is 2. The minimum absolute atomic E-state index is 0.200. The van der Waals surface area contributed by atoms with Crippen molar-refractivity contribution in [2.75, 3.05) is 19.5 Å². The van der Waals surface area contributed by atoms with E-state index in [1.807, 2.05) is 80.9 Å². The fourth-order valence-corrected chi connectivity index (χ4v) is 4.15. The molecule has 0 bridgehead atoms. The Kier molecular flexibility index (Phi) is 6.40. The van der Waals surface area contributed by atoms with E-state index in [-0.39, 0.29) is 5.91 Å². The quantitative estimate of drug-likeness (QED) is 0.436. The van der Waals surface area contributed by atoms with Crippen molar-refractivity contribution in [3.05, 3.63) is 82.4 Å². The van der Waals surface area contributed by atoms with Crippen LogP contribution in [-0.4, -0.2) is 39.7 Å². The Morgan fingerprint density at radius 2 is 1.59 bits per heavy atom. The van der Waals surface area contributed by atoms with Crippen LogP contribution in [0.2, 0.25) is 0 Å². The van der Waals surface area contributed by atoms with Crippen LogP contribution in [0.25, 0.3) is 5.69 Å². The summed E-state index contributed by atoms with van der Waals surface area (Å²) < 4.78 is 14.4. The maximum absolute atomic E-state index is 13.3. The number of nitrogens with zero attached hydrogens (tertiary/aromatic N) is 4. The minimum Gasteiger partial charge on any atom is -0.493 e. The number of carbonyl (C=O) groups excluding carboxylic acids is 1. The fraction of sp³-hybridized carbons (Fsp3) is 0.269. The summed E-state index contributed by atoms with van der Waals surface area (Å²) in [5.74, 6) is 1.14. The topological polar surface area (TPSA) is 83.2 Å². The summed E-state index contributed by atoms with van der Waals surface area (Å²) in [6, 6.07) is 15.6. The molecule has 0 aliphatic heterocycles. The van der Waals surface area contributed by atoms with E-state index in [1.165, 1.54) is 0 Å². The Morgan fingerprint density at radius 1 is 0.882 bits per heavy atom. The average Bonchev–Trinajstić information content (AvgIpc) is 3.28. The third kappa shape index (κ3) is 4.26. The Bertz CT molecular complexity index is 1340. The number of hydrogen-bond acceptors (Lipinski definition) is 5. The molecule has 0 aliphatic carbocycles. The van der Waals surface area contributed by atoms with Crippen molar-refractivity contribution in [2.45, 2.75) is 34.2 Å². The highest BCUT2D eigenvalue weighted by Gasteiger charge is 2.22. The lowest BCUT2D eigenvalue weighted by Crippen LogP contribution is -2.15. The van der Waals surface area contributed by atoms with E-state index in [9.17, 15) is 4.79 Å². The van der Waals surface area contributed by atoms with Crippen LogP contribution in [0.3, 0.4) is 0 Å². The van der Waals surface area contributed by atoms with Gasteiger partial charge in [0.15, 0.2) is 11.5 Å². The molecular weight excluding hydrogens is 430 g/mol. The van der Waals surface area contributed by atoms with Crippen molar-refractivity contribution < 1.29 is 14.3 Å². The van der Waals surface area contributed by atoms with Crippen molar-refractivity contribution in [3.63, 3.8) is 0 Å². The molecule has 4 aromatic rings. The molecule has 2 aromatic heterocycles. The van der Waals surface area contributed by atoms with Gasteiger partial charge in [-0.1, -0.05) is 24.3 Å². The molecule has 0 spiro atoms. The number of amides is 1. The zero-order valence-corrected chi connectivity index (χ0v) is 20.3. The molecule has 0 saturated carbocycles. The molecule has 0 unspecified atom stereocenters. The SMILES string of the molecule is COc1ccc(Cn2nc(C)c(NC(=O)c3c(C)nn(-c4ccccc4)c3C)c2C)cc1OC. The number of nitrogens with one attached hydrogen (secondary N) is 1. The van der Waals surface area contributed by atoms with Crippen molar-refractivity contribution in [2.24, 2.45) is 0 Å². The molecule has 1 amide bonds. The third-order valence-corrected chi connectivity index (χ3v) is 5.92. The summed E-state index contributed by atoms with van der Waals surface area (Å²) in [5, 5.41) is 12.3. The van der Waals surface area contributed by atoms with Crippen LogP contribution in [0.4, 0.5) is 5.69 Å². The lowest BCUT2D eigenvalue weighted by molar-refractivity contribution is 0.102. The van der Waals surface area contributed by atoms with E-state index in [2.05, 4.69) is 15.5 Å². The Morgan fingerprint density at radius 3 is 2.26 bits per heavy atom. The second kappa shape index (κ2) is 9.43. The predicted octanol–water partition coefficient (Wildman–Crippen LogP) is 4.62. The summed E-state index contributed by atoms with van der Waals surface area (Å²) in [7, 11) is 3.23. The van der Waals surface area contributed by atoms with Crippen LogP contribution < -0.4 is 14.8 Å². The number of aromatic nitrogens is 4. The number of carbonyl (C=O) groups is 1. The van der Waals surface area contributed by atoms with Crippen LogP contribution in [-0.2, 0) is 6.54 Å². The summed E-state index contributed by atoms with van der Waals surface area (Å²) in [6.07, 6.45) is 0. The van der Waals surface area contributed by atoms with E-state index >= 15 is 0 Å². The van der Waals surface area contributed by atoms with Gasteiger partial charge in [0.1, 0.15) is 0 Å². The largest absolute Gasteiger partial charge is 0.493 e. The Balaban J connectivity index is 1.59. The van der Waals surface area contributed by atoms with Crippen molar-refractivity contribution in [3.8, 4) is 17.2 Å². The highest BCUT2D eigenvalue weighted by atomic mass is 16.5. The van der Waals surface area contributed by atoms with Gasteiger partial charge in [0, 0.05) is 0 Å². The molecular formula is C26H29N5O3. The van der Waals surface area contributed by atoms with E-state index < -0.39 is 0 Å². The van der Waals surface area contributed by atoms with Gasteiger partial charge in [-0.15, -0.1) is 0 Å². The molecule has 0 saturated heterocycles. The normalized spacial score (nSPS) is 10.9. The van der Waals surface area contributed by atoms with Crippen molar-refractivity contribution >= 4 is 11.6 Å². The van der Waals surface area contributed by atoms with Gasteiger partial charge < -0.3 is 14.8 Å². The summed E-state index contributed by atoms with van der Waals surface area (Å²) in [4.78, 5) is 13.3. The first-order chi connectivity index (χ1) is 16.3. The number of benzene rings is 2. The van der Waals surface area contributed by atoms with Gasteiger partial charge in [-0.2, -0.15) is 10.2 Å². The lowest BCUT2D eigenvalue weighted by atomic mass is 10.1. The second-order valence-corrected chi connectivity index (χ2v) is 8.14. The van der Waals surface area contributed by atoms with Gasteiger partial charge in [0.05, 0.1) is 60.5 Å². The number of methoxy groups -OCH3 is 2. The predicted molar refractivity (Wildman–Crippen MR) is 131 cm³/mol. The molecule has 0 fully saturated rings. The fourth-order valence-electron chi connectivity index (χ4n) is 4.15. The van der Waals surface area contributed by atoms with Crippen molar-refractivity contribution in [1.29, 1.82) is 0 Å². The first kappa shape index (κ1) is 23.1. The van der Waals surface area contributed by atoms with E-state index in [0.29, 0.717) is 35.0 Å². The zero-order valence-electron chi connectivity index (χ0n) is 20.3. The molecule has 2 aromatic carbocycles. The number of para-hydroxylation sites is 1. The molecule has 176 valence electrons. The van der Waals surface area contributed by atoms with Gasteiger partial charge in [-0.3, -0.25) is 9.48 Å². The van der Waals surface area contributed by atoms with E-state index in [4.69, 9.17) is 9.47 Å². The van der Waals surface area contributed by atoms with E-state index in [0.717, 1.165) is 28.3 Å². The number of rotatable bonds is 7. The first-order valence-electron chi connectivity index (χ1n) is 11.0. The van der Waals surface area contributed by atoms with Gasteiger partial charge in [0.25, 0.3) is 5.91 Å². The molecule has 2 heterocycles. The van der Waals surface area contributed by atoms with Crippen LogP contribution in [0.15, 0.2) is 48.5 Å². The first-order valence-corrected chi connectivity index (χ1v) is 11.0. The maximum Gasteiger partial charge on any atom is 0.259 e. The summed E-state index contributed by atoms with van der Waals surface area (Å²) >= 11 is 0. The van der Waals surface area contributed by atoms with Crippen LogP contribution in [0, 0.1) is 27.7 Å². The molecule has 4 rings (SSSR count). The van der Waals surface area contributed by atoms with Crippen LogP contribution in [0.5, 0.6) is 11.5 Å². The van der Waals surface area contributed by atoms with Gasteiger partial charge in [0.2, 0.25) is 0 Å². The molecule has 1 N–H and O–H groups in total. The molecule has 0 radical (unpaired) electrons. The Hall–Kier alpha value is -4.07. The highest BCUT2D eigenvalue weighted by Crippen LogP contribution is 2.29. The third-order valence-electron chi connectivity index (χ3n) is 5.92. The van der Waals surface area contributed by atoms with E-state index in [1.54, 1.807) is 18.9 Å². The van der Waals surface area contributed by atoms with Crippen molar-refractivity contribution in [1.82, 2.24) is 19.6 Å². The van der Waals surface area contributed by atoms with Crippen LogP contribution in [0.1, 0.15) is 38.7 Å². The molecule has 0 atom stereocenters. The molecule has 8 heteroatoms. The smallest absolute Gasteiger partial charge is 0.259 e. The second-order valence-electron chi connectivity index (χ2n) is 8.14. The molecule has 8 nitrogen and oxygen atoms in total. The molecule has 34 heavy (non-hydrogen) atoms. The Labute approximate surface area is 199 Å².